The number of hydrogen-bond acceptors (Lipinski definition) is 7. The van der Waals surface area contributed by atoms with Gasteiger partial charge < -0.3 is 14.6 Å². The summed E-state index contributed by atoms with van der Waals surface area (Å²) in [5.41, 5.74) is 3.79. The van der Waals surface area contributed by atoms with Gasteiger partial charge in [-0.05, 0) is 23.6 Å². The summed E-state index contributed by atoms with van der Waals surface area (Å²) in [4.78, 5) is 11.9. The second-order valence-electron chi connectivity index (χ2n) is 3.92. The fraction of sp³-hybridized carbons (Fsp3) is 0.143. The summed E-state index contributed by atoms with van der Waals surface area (Å²) in [6.45, 7) is 0. The van der Waals surface area contributed by atoms with Gasteiger partial charge in [0.2, 0.25) is 0 Å². The number of carbonyl (C=O) groups excluding carboxylic acids is 1. The average molecular weight is 306 g/mol. The zero-order valence-corrected chi connectivity index (χ0v) is 12.3. The number of anilines is 1. The Morgan fingerprint density at radius 3 is 2.90 bits per heavy atom. The third-order valence-corrected chi connectivity index (χ3v) is 3.57. The van der Waals surface area contributed by atoms with Crippen molar-refractivity contribution in [2.75, 3.05) is 19.6 Å². The summed E-state index contributed by atoms with van der Waals surface area (Å²) < 4.78 is 9.68. The molecule has 0 radical (unpaired) electrons. The third-order valence-electron chi connectivity index (χ3n) is 2.67. The maximum atomic E-state index is 11.5. The first-order valence-electron chi connectivity index (χ1n) is 5.98. The molecule has 0 saturated heterocycles. The molecule has 110 valence electrons. The van der Waals surface area contributed by atoms with Crippen molar-refractivity contribution in [2.45, 2.75) is 0 Å². The van der Waals surface area contributed by atoms with Gasteiger partial charge in [-0.15, -0.1) is 11.3 Å². The van der Waals surface area contributed by atoms with Crippen molar-refractivity contribution < 1.29 is 19.4 Å². The Kier molecular flexibility index (Phi) is 4.78. The number of para-hydroxylation sites is 1. The molecule has 0 atom stereocenters. The van der Waals surface area contributed by atoms with E-state index in [2.05, 4.69) is 15.3 Å². The maximum absolute atomic E-state index is 11.5. The Bertz CT molecular complexity index is 667. The monoisotopic (exact) mass is 306 g/mol. The van der Waals surface area contributed by atoms with E-state index in [1.54, 1.807) is 29.6 Å². The van der Waals surface area contributed by atoms with Gasteiger partial charge in [-0.25, -0.2) is 4.79 Å². The van der Waals surface area contributed by atoms with Crippen LogP contribution in [0.15, 0.2) is 34.7 Å². The van der Waals surface area contributed by atoms with Gasteiger partial charge >= 0.3 is 5.97 Å². The highest BCUT2D eigenvalue weighted by Gasteiger charge is 2.12. The number of rotatable bonds is 5. The molecule has 2 N–H and O–H groups in total. The topological polar surface area (TPSA) is 80.2 Å². The summed E-state index contributed by atoms with van der Waals surface area (Å²) in [6.07, 6.45) is 1.44. The summed E-state index contributed by atoms with van der Waals surface area (Å²) in [6, 6.07) is 6.80. The summed E-state index contributed by atoms with van der Waals surface area (Å²) in [5, 5.41) is 15.7. The highest BCUT2D eigenvalue weighted by atomic mass is 32.1. The minimum atomic E-state index is -0.424. The molecule has 21 heavy (non-hydrogen) atoms. The van der Waals surface area contributed by atoms with Crippen LogP contribution in [0.25, 0.3) is 0 Å². The molecule has 0 aliphatic heterocycles. The van der Waals surface area contributed by atoms with Crippen LogP contribution in [-0.2, 0) is 4.74 Å². The molecule has 0 spiro atoms. The van der Waals surface area contributed by atoms with Crippen molar-refractivity contribution in [3.8, 4) is 11.5 Å². The third kappa shape index (κ3) is 3.32. The SMILES string of the molecule is COC(=O)c1sccc1N/N=C/c1cccc(OC)c1O. The minimum absolute atomic E-state index is 0.00376. The van der Waals surface area contributed by atoms with E-state index in [0.717, 1.165) is 0 Å². The first kappa shape index (κ1) is 14.9. The van der Waals surface area contributed by atoms with Crippen molar-refractivity contribution in [2.24, 2.45) is 5.10 Å². The van der Waals surface area contributed by atoms with Crippen LogP contribution < -0.4 is 10.2 Å². The number of thiophene rings is 1. The number of hydrogen-bond donors (Lipinski definition) is 2. The molecular weight excluding hydrogens is 292 g/mol. The normalized spacial score (nSPS) is 10.6. The standard InChI is InChI=1S/C14H14N2O4S/c1-19-11-5-3-4-9(12(11)17)8-15-16-10-6-7-21-13(10)14(18)20-2/h3-8,16-17H,1-2H3/b15-8+. The number of methoxy groups -OCH3 is 2. The second kappa shape index (κ2) is 6.76. The van der Waals surface area contributed by atoms with Crippen molar-refractivity contribution in [1.82, 2.24) is 0 Å². The van der Waals surface area contributed by atoms with Crippen LogP contribution in [0.1, 0.15) is 15.2 Å². The Morgan fingerprint density at radius 2 is 2.19 bits per heavy atom. The highest BCUT2D eigenvalue weighted by molar-refractivity contribution is 7.12. The van der Waals surface area contributed by atoms with Crippen LogP contribution in [0.5, 0.6) is 11.5 Å². The van der Waals surface area contributed by atoms with Crippen LogP contribution in [0.4, 0.5) is 5.69 Å². The molecule has 1 aromatic carbocycles. The minimum Gasteiger partial charge on any atom is -0.504 e. The summed E-state index contributed by atoms with van der Waals surface area (Å²) >= 11 is 1.26. The lowest BCUT2D eigenvalue weighted by Crippen LogP contribution is -2.02. The first-order chi connectivity index (χ1) is 10.2. The number of hydrazone groups is 1. The molecule has 0 aliphatic carbocycles. The van der Waals surface area contributed by atoms with Gasteiger partial charge in [-0.1, -0.05) is 6.07 Å². The zero-order chi connectivity index (χ0) is 15.2. The van der Waals surface area contributed by atoms with Gasteiger partial charge in [-0.3, -0.25) is 5.43 Å². The van der Waals surface area contributed by atoms with Crippen LogP contribution in [0, 0.1) is 0 Å². The van der Waals surface area contributed by atoms with Gasteiger partial charge in [0.15, 0.2) is 11.5 Å². The molecule has 0 aliphatic rings. The molecule has 2 aromatic rings. The van der Waals surface area contributed by atoms with E-state index in [1.165, 1.54) is 31.8 Å². The molecule has 0 unspecified atom stereocenters. The number of benzene rings is 1. The average Bonchev–Trinajstić information content (AvgIpc) is 2.96. The molecule has 0 fully saturated rings. The first-order valence-corrected chi connectivity index (χ1v) is 6.86. The van der Waals surface area contributed by atoms with Crippen LogP contribution in [-0.4, -0.2) is 31.5 Å². The molecule has 6 nitrogen and oxygen atoms in total. The number of nitrogens with one attached hydrogen (secondary N) is 1. The molecule has 0 saturated carbocycles. The van der Waals surface area contributed by atoms with Crippen molar-refractivity contribution >= 4 is 29.2 Å². The van der Waals surface area contributed by atoms with E-state index in [0.29, 0.717) is 21.9 Å². The predicted octanol–water partition coefficient (Wildman–Crippen LogP) is 2.69. The number of phenols is 1. The quantitative estimate of drug-likeness (QED) is 0.504. The Balaban J connectivity index is 2.13. The Morgan fingerprint density at radius 1 is 1.38 bits per heavy atom. The highest BCUT2D eigenvalue weighted by Crippen LogP contribution is 2.28. The molecule has 0 amide bonds. The van der Waals surface area contributed by atoms with Crippen molar-refractivity contribution in [1.29, 1.82) is 0 Å². The summed E-state index contributed by atoms with van der Waals surface area (Å²) in [7, 11) is 2.80. The summed E-state index contributed by atoms with van der Waals surface area (Å²) in [5.74, 6) is -0.0549. The van der Waals surface area contributed by atoms with Crippen molar-refractivity contribution in [3.63, 3.8) is 0 Å². The van der Waals surface area contributed by atoms with Crippen LogP contribution in [0.2, 0.25) is 0 Å². The molecule has 0 bridgehead atoms. The van der Waals surface area contributed by atoms with Gasteiger partial charge in [0.1, 0.15) is 4.88 Å². The number of carbonyl (C=O) groups is 1. The van der Waals surface area contributed by atoms with Crippen molar-refractivity contribution in [3.05, 3.63) is 40.1 Å². The lowest BCUT2D eigenvalue weighted by molar-refractivity contribution is 0.0607. The second-order valence-corrected chi connectivity index (χ2v) is 4.84. The Labute approximate surface area is 125 Å². The molecular formula is C14H14N2O4S. The Hall–Kier alpha value is -2.54. The largest absolute Gasteiger partial charge is 0.504 e. The molecule has 1 aromatic heterocycles. The van der Waals surface area contributed by atoms with Gasteiger partial charge in [0.25, 0.3) is 0 Å². The van der Waals surface area contributed by atoms with E-state index in [1.807, 2.05) is 0 Å². The predicted molar refractivity (Wildman–Crippen MR) is 81.5 cm³/mol. The number of nitrogens with zero attached hydrogens (tertiary/aromatic N) is 1. The van der Waals surface area contributed by atoms with E-state index in [9.17, 15) is 9.90 Å². The zero-order valence-electron chi connectivity index (χ0n) is 11.5. The van der Waals surface area contributed by atoms with E-state index >= 15 is 0 Å². The van der Waals surface area contributed by atoms with E-state index in [-0.39, 0.29) is 5.75 Å². The lowest BCUT2D eigenvalue weighted by Gasteiger charge is -2.05. The molecule has 2 rings (SSSR count). The number of ether oxygens (including phenoxy) is 2. The number of aromatic hydroxyl groups is 1. The molecule has 1 heterocycles. The van der Waals surface area contributed by atoms with Gasteiger partial charge in [0.05, 0.1) is 26.1 Å². The maximum Gasteiger partial charge on any atom is 0.350 e. The van der Waals surface area contributed by atoms with Crippen LogP contribution in [0.3, 0.4) is 0 Å². The molecule has 7 heteroatoms. The van der Waals surface area contributed by atoms with Gasteiger partial charge in [0, 0.05) is 5.56 Å². The number of esters is 1. The van der Waals surface area contributed by atoms with E-state index in [4.69, 9.17) is 4.74 Å². The smallest absolute Gasteiger partial charge is 0.350 e. The van der Waals surface area contributed by atoms with Crippen LogP contribution >= 0.6 is 11.3 Å². The van der Waals surface area contributed by atoms with E-state index < -0.39 is 5.97 Å². The lowest BCUT2D eigenvalue weighted by atomic mass is 10.2. The fourth-order valence-electron chi connectivity index (χ4n) is 1.63. The number of phenolic OH excluding ortho intramolecular Hbond substituents is 1. The fourth-order valence-corrected chi connectivity index (χ4v) is 2.39. The van der Waals surface area contributed by atoms with Gasteiger partial charge in [-0.2, -0.15) is 5.10 Å².